The Balaban J connectivity index is 3.21. The summed E-state index contributed by atoms with van der Waals surface area (Å²) in [6.45, 7) is 5.38. The Hall–Kier alpha value is -1.20. The molecular weight excluding hydrogens is 245 g/mol. The SMILES string of the molecule is C=Cc1c(O[PH](O)(O)OC)cnc(C)c1OC. The van der Waals surface area contributed by atoms with E-state index in [1.807, 2.05) is 0 Å². The van der Waals surface area contributed by atoms with Crippen LogP contribution in [0.4, 0.5) is 0 Å². The van der Waals surface area contributed by atoms with E-state index in [9.17, 15) is 9.79 Å². The Morgan fingerprint density at radius 1 is 1.41 bits per heavy atom. The molecule has 0 amide bonds. The number of hydrogen-bond donors (Lipinski definition) is 2. The van der Waals surface area contributed by atoms with Crippen molar-refractivity contribution in [2.75, 3.05) is 14.2 Å². The molecule has 0 spiro atoms. The van der Waals surface area contributed by atoms with E-state index in [1.165, 1.54) is 19.4 Å². The van der Waals surface area contributed by atoms with Crippen LogP contribution < -0.4 is 9.26 Å². The monoisotopic (exact) mass is 261 g/mol. The molecule has 0 aliphatic rings. The zero-order chi connectivity index (χ0) is 13.1. The molecule has 0 atom stereocenters. The molecular formula is C10H16NO5P. The van der Waals surface area contributed by atoms with Crippen molar-refractivity contribution in [2.24, 2.45) is 0 Å². The van der Waals surface area contributed by atoms with Gasteiger partial charge < -0.3 is 0 Å². The molecule has 2 N–H and O–H groups in total. The van der Waals surface area contributed by atoms with Crippen molar-refractivity contribution in [1.29, 1.82) is 0 Å². The first-order valence-corrected chi connectivity index (χ1v) is 6.51. The number of ether oxygens (including phenoxy) is 1. The second kappa shape index (κ2) is 5.42. The van der Waals surface area contributed by atoms with E-state index in [0.29, 0.717) is 17.0 Å². The van der Waals surface area contributed by atoms with E-state index >= 15 is 0 Å². The van der Waals surface area contributed by atoms with Crippen molar-refractivity contribution in [3.05, 3.63) is 24.0 Å². The number of hydrogen-bond acceptors (Lipinski definition) is 6. The van der Waals surface area contributed by atoms with Crippen molar-refractivity contribution in [3.8, 4) is 11.5 Å². The molecule has 0 saturated carbocycles. The number of methoxy groups -OCH3 is 1. The van der Waals surface area contributed by atoms with Crippen LogP contribution in [0.1, 0.15) is 11.3 Å². The van der Waals surface area contributed by atoms with Crippen LogP contribution in [0.25, 0.3) is 6.08 Å². The van der Waals surface area contributed by atoms with Gasteiger partial charge in [-0.1, -0.05) is 0 Å². The number of nitrogens with zero attached hydrogens (tertiary/aromatic N) is 1. The standard InChI is InChI=1S/C10H16NO5P/c1-5-8-9(16-17(12,13)15-4)6-11-7(2)10(8)14-3/h5-6,12-13,17H,1H2,2-4H3. The Bertz CT molecular complexity index is 421. The molecule has 0 aromatic carbocycles. The number of aryl methyl sites for hydroxylation is 1. The Labute approximate surface area is 100 Å². The molecule has 1 aromatic heterocycles. The van der Waals surface area contributed by atoms with Crippen LogP contribution in [0.3, 0.4) is 0 Å². The van der Waals surface area contributed by atoms with Gasteiger partial charge in [0.25, 0.3) is 0 Å². The average Bonchev–Trinajstić information content (AvgIpc) is 2.30. The first-order chi connectivity index (χ1) is 7.95. The first kappa shape index (κ1) is 13.9. The number of pyridine rings is 1. The molecule has 0 radical (unpaired) electrons. The summed E-state index contributed by atoms with van der Waals surface area (Å²) in [5.74, 6) is 0.624. The summed E-state index contributed by atoms with van der Waals surface area (Å²) in [5, 5.41) is 0. The molecule has 0 bridgehead atoms. The van der Waals surface area contributed by atoms with E-state index in [1.54, 1.807) is 6.92 Å². The average molecular weight is 261 g/mol. The topological polar surface area (TPSA) is 81.0 Å². The second-order valence-electron chi connectivity index (χ2n) is 3.21. The molecule has 0 unspecified atom stereocenters. The summed E-state index contributed by atoms with van der Waals surface area (Å²) in [6, 6.07) is 0. The van der Waals surface area contributed by atoms with Crippen molar-refractivity contribution in [1.82, 2.24) is 4.98 Å². The quantitative estimate of drug-likeness (QED) is 0.781. The second-order valence-corrected chi connectivity index (χ2v) is 4.92. The molecule has 7 heteroatoms. The van der Waals surface area contributed by atoms with E-state index in [2.05, 4.69) is 16.1 Å². The van der Waals surface area contributed by atoms with Crippen molar-refractivity contribution < 1.29 is 23.6 Å². The third kappa shape index (κ3) is 3.14. The fourth-order valence-electron chi connectivity index (χ4n) is 1.31. The minimum atomic E-state index is -4.16. The molecule has 0 fully saturated rings. The van der Waals surface area contributed by atoms with Gasteiger partial charge in [-0.25, -0.2) is 0 Å². The van der Waals surface area contributed by atoms with E-state index < -0.39 is 8.17 Å². The molecule has 1 heterocycles. The molecule has 0 aliphatic carbocycles. The van der Waals surface area contributed by atoms with Crippen LogP contribution in [0, 0.1) is 6.92 Å². The van der Waals surface area contributed by atoms with Gasteiger partial charge in [-0.3, -0.25) is 0 Å². The zero-order valence-corrected chi connectivity index (χ0v) is 10.9. The zero-order valence-electron chi connectivity index (χ0n) is 9.93. The third-order valence-corrected chi connectivity index (χ3v) is 3.15. The first-order valence-electron chi connectivity index (χ1n) is 4.80. The van der Waals surface area contributed by atoms with E-state index in [-0.39, 0.29) is 5.75 Å². The van der Waals surface area contributed by atoms with Gasteiger partial charge in [0.05, 0.1) is 0 Å². The van der Waals surface area contributed by atoms with Crippen LogP contribution in [-0.4, -0.2) is 29.0 Å². The Morgan fingerprint density at radius 2 is 2.06 bits per heavy atom. The van der Waals surface area contributed by atoms with Gasteiger partial charge in [0.1, 0.15) is 0 Å². The normalized spacial score (nSPS) is 12.1. The van der Waals surface area contributed by atoms with Gasteiger partial charge in [-0.15, -0.1) is 0 Å². The van der Waals surface area contributed by atoms with Gasteiger partial charge in [0.15, 0.2) is 0 Å². The molecule has 0 saturated heterocycles. The van der Waals surface area contributed by atoms with E-state index in [0.717, 1.165) is 7.11 Å². The van der Waals surface area contributed by atoms with Gasteiger partial charge in [0, 0.05) is 0 Å². The van der Waals surface area contributed by atoms with Crippen LogP contribution in [0.15, 0.2) is 12.8 Å². The van der Waals surface area contributed by atoms with Gasteiger partial charge in [-0.2, -0.15) is 0 Å². The Morgan fingerprint density at radius 3 is 2.53 bits per heavy atom. The molecule has 96 valence electrons. The Kier molecular flexibility index (Phi) is 4.42. The van der Waals surface area contributed by atoms with Gasteiger partial charge in [-0.05, 0) is 0 Å². The summed E-state index contributed by atoms with van der Waals surface area (Å²) in [4.78, 5) is 22.8. The molecule has 1 aromatic rings. The van der Waals surface area contributed by atoms with Crippen LogP contribution in [0.5, 0.6) is 11.5 Å². The van der Waals surface area contributed by atoms with Gasteiger partial charge in [0.2, 0.25) is 0 Å². The number of rotatable bonds is 5. The molecule has 0 aliphatic heterocycles. The summed E-state index contributed by atoms with van der Waals surface area (Å²) < 4.78 is 14.6. The summed E-state index contributed by atoms with van der Waals surface area (Å²) in [6.07, 6.45) is 2.85. The fraction of sp³-hybridized carbons (Fsp3) is 0.300. The van der Waals surface area contributed by atoms with Crippen molar-refractivity contribution in [3.63, 3.8) is 0 Å². The fourth-order valence-corrected chi connectivity index (χ4v) is 1.84. The van der Waals surface area contributed by atoms with Crippen LogP contribution in [-0.2, 0) is 4.52 Å². The molecule has 6 nitrogen and oxygen atoms in total. The van der Waals surface area contributed by atoms with Crippen LogP contribution >= 0.6 is 8.17 Å². The molecule has 17 heavy (non-hydrogen) atoms. The predicted molar refractivity (Wildman–Crippen MR) is 66.0 cm³/mol. The van der Waals surface area contributed by atoms with Crippen molar-refractivity contribution >= 4 is 14.2 Å². The summed E-state index contributed by atoms with van der Waals surface area (Å²) >= 11 is 0. The minimum absolute atomic E-state index is 0.154. The maximum atomic E-state index is 9.38. The summed E-state index contributed by atoms with van der Waals surface area (Å²) in [5.41, 5.74) is 1.15. The molecule has 1 rings (SSSR count). The predicted octanol–water partition coefficient (Wildman–Crippen LogP) is 1.46. The van der Waals surface area contributed by atoms with Crippen molar-refractivity contribution in [2.45, 2.75) is 6.92 Å². The van der Waals surface area contributed by atoms with Gasteiger partial charge >= 0.3 is 99.5 Å². The summed E-state index contributed by atoms with van der Waals surface area (Å²) in [7, 11) is -1.52. The van der Waals surface area contributed by atoms with Crippen LogP contribution in [0.2, 0.25) is 0 Å². The third-order valence-electron chi connectivity index (χ3n) is 2.13. The number of aromatic nitrogens is 1. The van der Waals surface area contributed by atoms with E-state index in [4.69, 9.17) is 9.26 Å². The maximum absolute atomic E-state index is 9.38.